The average Bonchev–Trinajstić information content (AvgIpc) is 3.02. The van der Waals surface area contributed by atoms with Gasteiger partial charge < -0.3 is 9.64 Å². The lowest BCUT2D eigenvalue weighted by molar-refractivity contribution is -0.135. The molecule has 0 unspecified atom stereocenters. The third kappa shape index (κ3) is 4.84. The fourth-order valence-electron chi connectivity index (χ4n) is 4.74. The number of carbonyl (C=O) groups is 2. The van der Waals surface area contributed by atoms with Crippen molar-refractivity contribution in [2.75, 3.05) is 39.9 Å². The van der Waals surface area contributed by atoms with Crippen LogP contribution in [0.15, 0.2) is 60.7 Å². The Hall–Kier alpha value is -3.03. The molecule has 2 aliphatic heterocycles. The predicted octanol–water partition coefficient (Wildman–Crippen LogP) is 3.78. The van der Waals surface area contributed by atoms with Crippen molar-refractivity contribution in [3.05, 3.63) is 77.6 Å². The highest BCUT2D eigenvalue weighted by molar-refractivity contribution is 6.07. The standard InChI is InChI=1S/C26H30FN3O3/c1-33-19-18-30-25(32)29(15-7-11-22-10-5-6-12-23(22)27)24(31)26(30)13-16-28(17-14-26)20-21-8-3-2-4-9-21/h2-12H,13-20H2,1H3. The number of halogens is 1. The van der Waals surface area contributed by atoms with E-state index in [2.05, 4.69) is 17.0 Å². The van der Waals surface area contributed by atoms with Crippen molar-refractivity contribution in [3.63, 3.8) is 0 Å². The van der Waals surface area contributed by atoms with Crippen LogP contribution in [0.4, 0.5) is 9.18 Å². The Labute approximate surface area is 194 Å². The lowest BCUT2D eigenvalue weighted by Gasteiger charge is -2.42. The van der Waals surface area contributed by atoms with E-state index < -0.39 is 5.54 Å². The number of hydrogen-bond acceptors (Lipinski definition) is 4. The third-order valence-electron chi connectivity index (χ3n) is 6.56. The molecular formula is C26H30FN3O3. The number of rotatable bonds is 8. The number of hydrogen-bond donors (Lipinski definition) is 0. The Morgan fingerprint density at radius 3 is 2.42 bits per heavy atom. The van der Waals surface area contributed by atoms with Crippen molar-refractivity contribution in [2.24, 2.45) is 0 Å². The van der Waals surface area contributed by atoms with Crippen LogP contribution in [0.25, 0.3) is 6.08 Å². The number of likely N-dealkylation sites (tertiary alicyclic amines) is 1. The van der Waals surface area contributed by atoms with Gasteiger partial charge >= 0.3 is 6.03 Å². The molecule has 0 N–H and O–H groups in total. The number of nitrogens with zero attached hydrogens (tertiary/aromatic N) is 3. The van der Waals surface area contributed by atoms with Crippen molar-refractivity contribution in [3.8, 4) is 0 Å². The van der Waals surface area contributed by atoms with Gasteiger partial charge in [-0.25, -0.2) is 9.18 Å². The zero-order valence-electron chi connectivity index (χ0n) is 19.0. The first kappa shape index (κ1) is 23.1. The Morgan fingerprint density at radius 1 is 1.03 bits per heavy atom. The molecule has 0 radical (unpaired) electrons. The average molecular weight is 452 g/mol. The number of urea groups is 1. The second kappa shape index (κ2) is 10.3. The minimum atomic E-state index is -0.839. The first-order valence-corrected chi connectivity index (χ1v) is 11.3. The Balaban J connectivity index is 1.47. The molecule has 1 spiro atoms. The zero-order chi connectivity index (χ0) is 23.3. The number of methoxy groups -OCH3 is 1. The number of benzene rings is 2. The second-order valence-corrected chi connectivity index (χ2v) is 8.56. The fraction of sp³-hybridized carbons (Fsp3) is 0.385. The van der Waals surface area contributed by atoms with Gasteiger partial charge in [0, 0.05) is 45.4 Å². The van der Waals surface area contributed by atoms with Crippen LogP contribution >= 0.6 is 0 Å². The number of amides is 3. The third-order valence-corrected chi connectivity index (χ3v) is 6.56. The summed E-state index contributed by atoms with van der Waals surface area (Å²) in [6.07, 6.45) is 4.46. The zero-order valence-corrected chi connectivity index (χ0v) is 19.0. The van der Waals surface area contributed by atoms with E-state index in [0.717, 1.165) is 19.6 Å². The fourth-order valence-corrected chi connectivity index (χ4v) is 4.74. The Morgan fingerprint density at radius 2 is 1.73 bits per heavy atom. The normalized spacial score (nSPS) is 18.7. The summed E-state index contributed by atoms with van der Waals surface area (Å²) in [7, 11) is 1.59. The number of ether oxygens (including phenoxy) is 1. The molecule has 2 heterocycles. The van der Waals surface area contributed by atoms with E-state index in [0.29, 0.717) is 31.6 Å². The highest BCUT2D eigenvalue weighted by atomic mass is 19.1. The lowest BCUT2D eigenvalue weighted by atomic mass is 9.85. The molecule has 33 heavy (non-hydrogen) atoms. The van der Waals surface area contributed by atoms with Crippen molar-refractivity contribution in [2.45, 2.75) is 24.9 Å². The summed E-state index contributed by atoms with van der Waals surface area (Å²) in [5.74, 6) is -0.502. The molecule has 2 aromatic rings. The maximum atomic E-state index is 13.9. The largest absolute Gasteiger partial charge is 0.383 e. The predicted molar refractivity (Wildman–Crippen MR) is 125 cm³/mol. The minimum Gasteiger partial charge on any atom is -0.383 e. The molecule has 2 fully saturated rings. The molecule has 0 atom stereocenters. The molecular weight excluding hydrogens is 421 g/mol. The van der Waals surface area contributed by atoms with Gasteiger partial charge in [-0.3, -0.25) is 14.6 Å². The summed E-state index contributed by atoms with van der Waals surface area (Å²) in [4.78, 5) is 32.1. The highest BCUT2D eigenvalue weighted by Gasteiger charge is 2.57. The van der Waals surface area contributed by atoms with E-state index in [4.69, 9.17) is 4.74 Å². The van der Waals surface area contributed by atoms with Gasteiger partial charge in [0.05, 0.1) is 6.61 Å². The van der Waals surface area contributed by atoms with Gasteiger partial charge in [-0.2, -0.15) is 0 Å². The van der Waals surface area contributed by atoms with Crippen molar-refractivity contribution in [1.29, 1.82) is 0 Å². The van der Waals surface area contributed by atoms with Crippen LogP contribution in [0.1, 0.15) is 24.0 Å². The van der Waals surface area contributed by atoms with Gasteiger partial charge in [0.1, 0.15) is 11.4 Å². The van der Waals surface area contributed by atoms with Gasteiger partial charge in [0.2, 0.25) is 0 Å². The van der Waals surface area contributed by atoms with Crippen LogP contribution in [0, 0.1) is 5.82 Å². The minimum absolute atomic E-state index is 0.116. The van der Waals surface area contributed by atoms with Gasteiger partial charge in [-0.05, 0) is 24.5 Å². The van der Waals surface area contributed by atoms with E-state index >= 15 is 0 Å². The number of imide groups is 1. The maximum absolute atomic E-state index is 13.9. The van der Waals surface area contributed by atoms with E-state index in [9.17, 15) is 14.0 Å². The van der Waals surface area contributed by atoms with E-state index in [1.165, 1.54) is 16.5 Å². The molecule has 0 aromatic heterocycles. The molecule has 2 saturated heterocycles. The SMILES string of the molecule is COCCN1C(=O)N(CC=Cc2ccccc2F)C(=O)C12CCN(Cc1ccccc1)CC2. The van der Waals surface area contributed by atoms with E-state index in [-0.39, 0.29) is 24.3 Å². The quantitative estimate of drug-likeness (QED) is 0.573. The monoisotopic (exact) mass is 451 g/mol. The smallest absolute Gasteiger partial charge is 0.328 e. The molecule has 0 aliphatic carbocycles. The summed E-state index contributed by atoms with van der Waals surface area (Å²) in [6, 6.07) is 16.4. The molecule has 3 amide bonds. The van der Waals surface area contributed by atoms with Crippen LogP contribution < -0.4 is 0 Å². The summed E-state index contributed by atoms with van der Waals surface area (Å²) in [5.41, 5.74) is 0.824. The summed E-state index contributed by atoms with van der Waals surface area (Å²) >= 11 is 0. The first-order valence-electron chi connectivity index (χ1n) is 11.3. The molecule has 4 rings (SSSR count). The van der Waals surface area contributed by atoms with Crippen molar-refractivity contribution >= 4 is 18.0 Å². The summed E-state index contributed by atoms with van der Waals surface area (Å²) in [5, 5.41) is 0. The van der Waals surface area contributed by atoms with Crippen molar-refractivity contribution in [1.82, 2.24) is 14.7 Å². The van der Waals surface area contributed by atoms with Gasteiger partial charge in [0.25, 0.3) is 5.91 Å². The van der Waals surface area contributed by atoms with Crippen LogP contribution in [0.5, 0.6) is 0 Å². The highest BCUT2D eigenvalue weighted by Crippen LogP contribution is 2.37. The number of carbonyl (C=O) groups excluding carboxylic acids is 2. The molecule has 0 saturated carbocycles. The molecule has 174 valence electrons. The Bertz CT molecular complexity index is 1000. The van der Waals surface area contributed by atoms with Crippen LogP contribution in [0.2, 0.25) is 0 Å². The van der Waals surface area contributed by atoms with Crippen LogP contribution in [-0.4, -0.2) is 72.1 Å². The van der Waals surface area contributed by atoms with E-state index in [1.54, 1.807) is 42.4 Å². The van der Waals surface area contributed by atoms with Crippen LogP contribution in [0.3, 0.4) is 0 Å². The maximum Gasteiger partial charge on any atom is 0.328 e. The summed E-state index contributed by atoms with van der Waals surface area (Å²) < 4.78 is 19.1. The molecule has 2 aliphatic rings. The van der Waals surface area contributed by atoms with Crippen LogP contribution in [-0.2, 0) is 16.1 Å². The first-order chi connectivity index (χ1) is 16.0. The van der Waals surface area contributed by atoms with Gasteiger partial charge in [0.15, 0.2) is 0 Å². The Kier molecular flexibility index (Phi) is 7.20. The molecule has 0 bridgehead atoms. The topological polar surface area (TPSA) is 53.1 Å². The molecule has 7 heteroatoms. The summed E-state index contributed by atoms with van der Waals surface area (Å²) in [6.45, 7) is 3.14. The lowest BCUT2D eigenvalue weighted by Crippen LogP contribution is -2.57. The van der Waals surface area contributed by atoms with E-state index in [1.807, 2.05) is 18.2 Å². The molecule has 6 nitrogen and oxygen atoms in total. The number of piperidine rings is 1. The van der Waals surface area contributed by atoms with Crippen molar-refractivity contribution < 1.29 is 18.7 Å². The van der Waals surface area contributed by atoms with Gasteiger partial charge in [-0.15, -0.1) is 0 Å². The molecule has 2 aromatic carbocycles. The second-order valence-electron chi connectivity index (χ2n) is 8.56. The van der Waals surface area contributed by atoms with Gasteiger partial charge in [-0.1, -0.05) is 60.7 Å².